The molecule has 9 nitrogen and oxygen atoms in total. The second kappa shape index (κ2) is 8.72. The Balaban J connectivity index is 2.14. The van der Waals surface area contributed by atoms with Crippen molar-refractivity contribution in [3.63, 3.8) is 0 Å². The number of carbonyl (C=O) groups is 1. The van der Waals surface area contributed by atoms with Crippen molar-refractivity contribution >= 4 is 20.1 Å². The number of esters is 1. The van der Waals surface area contributed by atoms with Crippen LogP contribution in [-0.4, -0.2) is 56.4 Å². The molecule has 0 amide bonds. The third-order valence-electron chi connectivity index (χ3n) is 5.35. The third-order valence-corrected chi connectivity index (χ3v) is 9.85. The van der Waals surface area contributed by atoms with Crippen LogP contribution in [0.3, 0.4) is 0 Å². The fraction of sp³-hybridized carbons (Fsp3) is 0.722. The molecule has 0 aromatic carbocycles. The number of aromatic nitrogens is 2. The second-order valence-corrected chi connectivity index (χ2v) is 13.2. The normalized spacial score (nSPS) is 23.0. The van der Waals surface area contributed by atoms with E-state index >= 15 is 0 Å². The first-order chi connectivity index (χ1) is 12.9. The van der Waals surface area contributed by atoms with Crippen LogP contribution in [0.25, 0.3) is 0 Å². The molecule has 0 spiro atoms. The van der Waals surface area contributed by atoms with Gasteiger partial charge < -0.3 is 24.4 Å². The predicted octanol–water partition coefficient (Wildman–Crippen LogP) is 1.69. The number of methoxy groups -OCH3 is 1. The molecule has 0 bridgehead atoms. The maximum absolute atomic E-state index is 12.2. The molecular weight excluding hydrogens is 382 g/mol. The lowest BCUT2D eigenvalue weighted by atomic mass is 10.2. The van der Waals surface area contributed by atoms with Crippen LogP contribution in [0.5, 0.6) is 0 Å². The van der Waals surface area contributed by atoms with Crippen LogP contribution in [0.2, 0.25) is 18.1 Å². The van der Waals surface area contributed by atoms with Gasteiger partial charge in [0.15, 0.2) is 14.5 Å². The van der Waals surface area contributed by atoms with Crippen molar-refractivity contribution < 1.29 is 23.4 Å². The smallest absolute Gasteiger partial charge is 0.351 e. The number of nitrogen functional groups attached to an aromatic ring is 1. The highest BCUT2D eigenvalue weighted by Gasteiger charge is 2.42. The van der Waals surface area contributed by atoms with Gasteiger partial charge in [0, 0.05) is 12.6 Å². The molecule has 0 saturated carbocycles. The molecule has 0 aliphatic carbocycles. The molecule has 2 heterocycles. The van der Waals surface area contributed by atoms with Crippen molar-refractivity contribution in [3.05, 3.63) is 22.7 Å². The van der Waals surface area contributed by atoms with Crippen LogP contribution >= 0.6 is 0 Å². The molecule has 0 radical (unpaired) electrons. The van der Waals surface area contributed by atoms with Crippen LogP contribution < -0.4 is 11.4 Å². The zero-order valence-electron chi connectivity index (χ0n) is 17.4. The fourth-order valence-corrected chi connectivity index (χ4v) is 3.63. The summed E-state index contributed by atoms with van der Waals surface area (Å²) in [6, 6.07) is 1.52. The van der Waals surface area contributed by atoms with Crippen LogP contribution in [-0.2, 0) is 23.4 Å². The van der Waals surface area contributed by atoms with Gasteiger partial charge in [-0.2, -0.15) is 4.98 Å². The molecule has 1 aliphatic heterocycles. The van der Waals surface area contributed by atoms with Gasteiger partial charge in [0.25, 0.3) is 0 Å². The van der Waals surface area contributed by atoms with Gasteiger partial charge in [0.2, 0.25) is 0 Å². The predicted molar refractivity (Wildman–Crippen MR) is 106 cm³/mol. The maximum Gasteiger partial charge on any atom is 0.351 e. The molecule has 28 heavy (non-hydrogen) atoms. The van der Waals surface area contributed by atoms with Gasteiger partial charge in [0.1, 0.15) is 18.5 Å². The van der Waals surface area contributed by atoms with Crippen molar-refractivity contribution in [2.24, 2.45) is 0 Å². The molecular formula is C18H31N3O6Si. The summed E-state index contributed by atoms with van der Waals surface area (Å²) < 4.78 is 23.9. The van der Waals surface area contributed by atoms with Crippen molar-refractivity contribution in [1.82, 2.24) is 9.55 Å². The van der Waals surface area contributed by atoms with E-state index in [0.717, 1.165) is 0 Å². The summed E-state index contributed by atoms with van der Waals surface area (Å²) in [6.07, 6.45) is 0.480. The van der Waals surface area contributed by atoms with E-state index < -0.39 is 32.3 Å². The fourth-order valence-electron chi connectivity index (χ4n) is 2.59. The summed E-state index contributed by atoms with van der Waals surface area (Å²) in [7, 11) is -0.658. The van der Waals surface area contributed by atoms with E-state index in [1.54, 1.807) is 0 Å². The van der Waals surface area contributed by atoms with Crippen molar-refractivity contribution in [2.75, 3.05) is 26.1 Å². The minimum absolute atomic E-state index is 0.0730. The van der Waals surface area contributed by atoms with Gasteiger partial charge in [-0.15, -0.1) is 0 Å². The lowest BCUT2D eigenvalue weighted by Crippen LogP contribution is -2.42. The molecule has 1 aromatic rings. The minimum Gasteiger partial charge on any atom is -0.467 e. The average Bonchev–Trinajstić information content (AvgIpc) is 3.00. The zero-order chi connectivity index (χ0) is 21.1. The Bertz CT molecular complexity index is 746. The molecule has 3 atom stereocenters. The van der Waals surface area contributed by atoms with Gasteiger partial charge >= 0.3 is 11.7 Å². The summed E-state index contributed by atoms with van der Waals surface area (Å²) in [5.41, 5.74) is 5.03. The molecule has 1 fully saturated rings. The summed E-state index contributed by atoms with van der Waals surface area (Å²) >= 11 is 0. The zero-order valence-corrected chi connectivity index (χ0v) is 18.4. The SMILES string of the molecule is COC(=O)COC1C[C@@H](CO[Si](C)(C)C(C)(C)C)O[C@H]1n1ccc(N)nc1=O. The maximum atomic E-state index is 12.2. The van der Waals surface area contributed by atoms with Crippen LogP contribution in [0.15, 0.2) is 17.1 Å². The van der Waals surface area contributed by atoms with E-state index in [4.69, 9.17) is 19.6 Å². The number of hydrogen-bond donors (Lipinski definition) is 1. The Hall–Kier alpha value is -1.75. The highest BCUT2D eigenvalue weighted by molar-refractivity contribution is 6.74. The van der Waals surface area contributed by atoms with Crippen LogP contribution in [0.4, 0.5) is 5.82 Å². The Morgan fingerprint density at radius 3 is 2.68 bits per heavy atom. The van der Waals surface area contributed by atoms with E-state index in [1.807, 2.05) is 0 Å². The van der Waals surface area contributed by atoms with Crippen molar-refractivity contribution in [1.29, 1.82) is 0 Å². The van der Waals surface area contributed by atoms with Gasteiger partial charge in [0.05, 0.1) is 19.8 Å². The molecule has 10 heteroatoms. The van der Waals surface area contributed by atoms with Gasteiger partial charge in [-0.3, -0.25) is 4.57 Å². The van der Waals surface area contributed by atoms with Crippen molar-refractivity contribution in [3.8, 4) is 0 Å². The molecule has 1 unspecified atom stereocenters. The molecule has 1 saturated heterocycles. The number of hydrogen-bond acceptors (Lipinski definition) is 8. The van der Waals surface area contributed by atoms with Gasteiger partial charge in [-0.25, -0.2) is 9.59 Å². The monoisotopic (exact) mass is 413 g/mol. The first kappa shape index (κ1) is 22.5. The largest absolute Gasteiger partial charge is 0.467 e. The Kier molecular flexibility index (Phi) is 7.02. The lowest BCUT2D eigenvalue weighted by molar-refractivity contribution is -0.150. The highest BCUT2D eigenvalue weighted by Crippen LogP contribution is 2.38. The summed E-state index contributed by atoms with van der Waals surface area (Å²) in [5.74, 6) is -0.369. The summed E-state index contributed by atoms with van der Waals surface area (Å²) in [6.45, 7) is 11.0. The number of ether oxygens (including phenoxy) is 3. The standard InChI is InChI=1S/C18H31N3O6Si/c1-18(2,3)28(5,6)26-10-12-9-13(25-11-15(22)24-4)16(27-12)21-8-7-14(19)20-17(21)23/h7-8,12-13,16H,9-11H2,1-6H3,(H2,19,20,23)/t12-,13?,16+/m0/s1. The first-order valence-electron chi connectivity index (χ1n) is 9.27. The van der Waals surface area contributed by atoms with E-state index in [0.29, 0.717) is 13.0 Å². The molecule has 2 N–H and O–H groups in total. The number of anilines is 1. The second-order valence-electron chi connectivity index (χ2n) is 8.42. The lowest BCUT2D eigenvalue weighted by Gasteiger charge is -2.36. The Morgan fingerprint density at radius 1 is 1.43 bits per heavy atom. The minimum atomic E-state index is -1.95. The Morgan fingerprint density at radius 2 is 2.11 bits per heavy atom. The quantitative estimate of drug-likeness (QED) is 0.530. The van der Waals surface area contributed by atoms with E-state index in [2.05, 4.69) is 43.6 Å². The molecule has 1 aliphatic rings. The van der Waals surface area contributed by atoms with Crippen LogP contribution in [0, 0.1) is 0 Å². The summed E-state index contributed by atoms with van der Waals surface area (Å²) in [5, 5.41) is 0.0730. The van der Waals surface area contributed by atoms with E-state index in [-0.39, 0.29) is 23.6 Å². The molecule has 2 rings (SSSR count). The topological polar surface area (TPSA) is 115 Å². The van der Waals surface area contributed by atoms with E-state index in [1.165, 1.54) is 23.9 Å². The molecule has 158 valence electrons. The average molecular weight is 414 g/mol. The number of nitrogens with two attached hydrogens (primary N) is 1. The third kappa shape index (κ3) is 5.40. The molecule has 1 aromatic heterocycles. The van der Waals surface area contributed by atoms with Gasteiger partial charge in [-0.05, 0) is 24.2 Å². The Labute approximate surface area is 166 Å². The van der Waals surface area contributed by atoms with Crippen LogP contribution in [0.1, 0.15) is 33.4 Å². The first-order valence-corrected chi connectivity index (χ1v) is 12.2. The number of nitrogens with zero attached hydrogens (tertiary/aromatic N) is 2. The summed E-state index contributed by atoms with van der Waals surface area (Å²) in [4.78, 5) is 27.5. The number of rotatable bonds is 7. The van der Waals surface area contributed by atoms with E-state index in [9.17, 15) is 9.59 Å². The van der Waals surface area contributed by atoms with Crippen molar-refractivity contribution in [2.45, 2.75) is 63.8 Å². The number of carbonyl (C=O) groups excluding carboxylic acids is 1. The van der Waals surface area contributed by atoms with Gasteiger partial charge in [-0.1, -0.05) is 20.8 Å². The highest BCUT2D eigenvalue weighted by atomic mass is 28.4.